The van der Waals surface area contributed by atoms with E-state index >= 15 is 0 Å². The van der Waals surface area contributed by atoms with Crippen molar-refractivity contribution in [3.63, 3.8) is 0 Å². The van der Waals surface area contributed by atoms with Gasteiger partial charge in [0, 0.05) is 18.4 Å². The molecule has 3 atom stereocenters. The van der Waals surface area contributed by atoms with Crippen molar-refractivity contribution in [2.45, 2.75) is 57.7 Å². The van der Waals surface area contributed by atoms with Crippen molar-refractivity contribution < 1.29 is 38.0 Å². The normalized spacial score (nSPS) is 21.2. The van der Waals surface area contributed by atoms with E-state index in [1.165, 1.54) is 0 Å². The monoisotopic (exact) mass is 528 g/mol. The van der Waals surface area contributed by atoms with E-state index in [2.05, 4.69) is 5.32 Å². The van der Waals surface area contributed by atoms with Crippen LogP contribution in [-0.2, 0) is 35.1 Å². The second-order valence-corrected chi connectivity index (χ2v) is 9.56. The summed E-state index contributed by atoms with van der Waals surface area (Å²) in [6.07, 6.45) is -0.953. The van der Waals surface area contributed by atoms with E-state index in [-0.39, 0.29) is 32.4 Å². The first-order valence-electron chi connectivity index (χ1n) is 12.8. The summed E-state index contributed by atoms with van der Waals surface area (Å²) >= 11 is 0. The van der Waals surface area contributed by atoms with E-state index in [4.69, 9.17) is 28.4 Å². The Labute approximate surface area is 223 Å². The van der Waals surface area contributed by atoms with Crippen LogP contribution in [0.3, 0.4) is 0 Å². The van der Waals surface area contributed by atoms with Gasteiger partial charge in [-0.05, 0) is 44.5 Å². The number of fused-ring (bicyclic) bond motifs is 3. The maximum absolute atomic E-state index is 13.5. The molecule has 10 heteroatoms. The Bertz CT molecular complexity index is 1090. The Morgan fingerprint density at radius 2 is 1.87 bits per heavy atom. The number of esters is 1. The van der Waals surface area contributed by atoms with E-state index < -0.39 is 30.0 Å². The smallest absolute Gasteiger partial charge is 0.412 e. The number of amides is 1. The minimum atomic E-state index is -1.00. The van der Waals surface area contributed by atoms with Gasteiger partial charge in [0.25, 0.3) is 0 Å². The van der Waals surface area contributed by atoms with Crippen LogP contribution in [0.2, 0.25) is 0 Å². The molecule has 1 amide bonds. The number of ether oxygens (including phenoxy) is 6. The number of anilines is 1. The Kier molecular flexibility index (Phi) is 9.09. The molecule has 10 nitrogen and oxygen atoms in total. The first kappa shape index (κ1) is 27.7. The number of rotatable bonds is 11. The maximum atomic E-state index is 13.5. The Morgan fingerprint density at radius 3 is 2.61 bits per heavy atom. The second kappa shape index (κ2) is 12.5. The van der Waals surface area contributed by atoms with E-state index in [9.17, 15) is 9.59 Å². The van der Waals surface area contributed by atoms with Gasteiger partial charge in [-0.2, -0.15) is 0 Å². The number of benzene rings is 2. The Balaban J connectivity index is 1.61. The Hall–Kier alpha value is -3.34. The summed E-state index contributed by atoms with van der Waals surface area (Å²) in [5.41, 5.74) is 1.45. The number of methoxy groups -OCH3 is 1. The number of hydrogen-bond donors (Lipinski definition) is 1. The molecule has 1 N–H and O–H groups in total. The third kappa shape index (κ3) is 6.38. The summed E-state index contributed by atoms with van der Waals surface area (Å²) in [4.78, 5) is 27.6. The standard InChI is InChI=1S/C28H36N2O8/c1-5-35-24(31)16-23-26-25(21-15-20(11-12-22(21)29-23)37-18-34-14-13-33-4)30(28(2,3)38-26)27(32)36-17-19-9-7-6-8-10-19/h6-12,15,23,25-26,29H,5,13-14,16-18H2,1-4H3/t23-,25-,26-/m0/s1. The quantitative estimate of drug-likeness (QED) is 0.260. The van der Waals surface area contributed by atoms with Crippen LogP contribution in [0.4, 0.5) is 10.5 Å². The zero-order chi connectivity index (χ0) is 27.1. The SMILES string of the molecule is CCOC(=O)C[C@@H]1Nc2ccc(OCOCCOC)cc2[C@H]2[C@H]1OC(C)(C)N2C(=O)OCc1ccccc1. The molecule has 1 fully saturated rings. The molecule has 2 aliphatic heterocycles. The highest BCUT2D eigenvalue weighted by atomic mass is 16.7. The van der Waals surface area contributed by atoms with Gasteiger partial charge in [0.2, 0.25) is 0 Å². The van der Waals surface area contributed by atoms with Crippen LogP contribution in [-0.4, -0.2) is 68.6 Å². The van der Waals surface area contributed by atoms with E-state index in [0.29, 0.717) is 19.0 Å². The summed E-state index contributed by atoms with van der Waals surface area (Å²) in [6.45, 7) is 6.75. The van der Waals surface area contributed by atoms with E-state index in [1.807, 2.05) is 62.4 Å². The number of nitrogens with zero attached hydrogens (tertiary/aromatic N) is 1. The fourth-order valence-electron chi connectivity index (χ4n) is 4.84. The molecule has 0 aromatic heterocycles. The molecule has 0 bridgehead atoms. The highest BCUT2D eigenvalue weighted by Gasteiger charge is 2.56. The summed E-state index contributed by atoms with van der Waals surface area (Å²) in [5, 5.41) is 3.42. The minimum Gasteiger partial charge on any atom is -0.468 e. The fraction of sp³-hybridized carbons (Fsp3) is 0.500. The van der Waals surface area contributed by atoms with E-state index in [1.54, 1.807) is 18.9 Å². The molecule has 1 saturated heterocycles. The van der Waals surface area contributed by atoms with Crippen molar-refractivity contribution in [1.29, 1.82) is 0 Å². The first-order chi connectivity index (χ1) is 18.3. The average molecular weight is 529 g/mol. The molecule has 0 radical (unpaired) electrons. The molecule has 4 rings (SSSR count). The largest absolute Gasteiger partial charge is 0.468 e. The highest BCUT2D eigenvalue weighted by molar-refractivity contribution is 5.74. The molecule has 2 aliphatic rings. The molecular weight excluding hydrogens is 492 g/mol. The van der Waals surface area contributed by atoms with Crippen molar-refractivity contribution >= 4 is 17.7 Å². The van der Waals surface area contributed by atoms with Gasteiger partial charge < -0.3 is 33.7 Å². The molecule has 0 unspecified atom stereocenters. The molecule has 2 aromatic carbocycles. The minimum absolute atomic E-state index is 0.0555. The lowest BCUT2D eigenvalue weighted by Crippen LogP contribution is -2.47. The number of hydrogen-bond acceptors (Lipinski definition) is 9. The van der Waals surface area contributed by atoms with Crippen molar-refractivity contribution in [2.75, 3.05) is 39.0 Å². The highest BCUT2D eigenvalue weighted by Crippen LogP contribution is 2.49. The van der Waals surface area contributed by atoms with Crippen molar-refractivity contribution in [1.82, 2.24) is 4.90 Å². The topological polar surface area (TPSA) is 105 Å². The van der Waals surface area contributed by atoms with Crippen LogP contribution in [0.15, 0.2) is 48.5 Å². The molecule has 2 heterocycles. The Morgan fingerprint density at radius 1 is 1.08 bits per heavy atom. The maximum Gasteiger partial charge on any atom is 0.412 e. The number of nitrogens with one attached hydrogen (secondary N) is 1. The third-order valence-electron chi connectivity index (χ3n) is 6.51. The van der Waals surface area contributed by atoms with Crippen LogP contribution < -0.4 is 10.1 Å². The van der Waals surface area contributed by atoms with Crippen LogP contribution in [0.1, 0.15) is 44.4 Å². The van der Waals surface area contributed by atoms with Gasteiger partial charge >= 0.3 is 12.1 Å². The molecule has 206 valence electrons. The van der Waals surface area contributed by atoms with Gasteiger partial charge in [-0.25, -0.2) is 4.79 Å². The predicted octanol–water partition coefficient (Wildman–Crippen LogP) is 4.25. The number of carbonyl (C=O) groups excluding carboxylic acids is 2. The molecule has 38 heavy (non-hydrogen) atoms. The van der Waals surface area contributed by atoms with Crippen LogP contribution in [0, 0.1) is 0 Å². The van der Waals surface area contributed by atoms with Crippen LogP contribution in [0.25, 0.3) is 0 Å². The molecular formula is C28H36N2O8. The van der Waals surface area contributed by atoms with Gasteiger partial charge in [0.1, 0.15) is 24.2 Å². The zero-order valence-electron chi connectivity index (χ0n) is 22.3. The van der Waals surface area contributed by atoms with E-state index in [0.717, 1.165) is 16.8 Å². The summed E-state index contributed by atoms with van der Waals surface area (Å²) in [5.74, 6) is 0.236. The van der Waals surface area contributed by atoms with Crippen LogP contribution in [0.5, 0.6) is 5.75 Å². The van der Waals surface area contributed by atoms with Crippen molar-refractivity contribution in [3.8, 4) is 5.75 Å². The first-order valence-corrected chi connectivity index (χ1v) is 12.8. The van der Waals surface area contributed by atoms with Gasteiger partial charge in [0.05, 0.1) is 38.3 Å². The lowest BCUT2D eigenvalue weighted by Gasteiger charge is -2.38. The average Bonchev–Trinajstić information content (AvgIpc) is 3.19. The molecule has 0 saturated carbocycles. The summed E-state index contributed by atoms with van der Waals surface area (Å²) < 4.78 is 33.6. The number of carbonyl (C=O) groups is 2. The lowest BCUT2D eigenvalue weighted by molar-refractivity contribution is -0.144. The van der Waals surface area contributed by atoms with Crippen molar-refractivity contribution in [2.24, 2.45) is 0 Å². The van der Waals surface area contributed by atoms with Gasteiger partial charge in [-0.15, -0.1) is 0 Å². The van der Waals surface area contributed by atoms with Crippen molar-refractivity contribution in [3.05, 3.63) is 59.7 Å². The fourth-order valence-corrected chi connectivity index (χ4v) is 4.84. The zero-order valence-corrected chi connectivity index (χ0v) is 22.3. The van der Waals surface area contributed by atoms with Gasteiger partial charge in [-0.3, -0.25) is 9.69 Å². The van der Waals surface area contributed by atoms with Crippen LogP contribution >= 0.6 is 0 Å². The molecule has 0 aliphatic carbocycles. The second-order valence-electron chi connectivity index (χ2n) is 9.56. The van der Waals surface area contributed by atoms with Gasteiger partial charge in [0.15, 0.2) is 6.79 Å². The lowest BCUT2D eigenvalue weighted by atomic mass is 9.88. The molecule has 0 spiro atoms. The summed E-state index contributed by atoms with van der Waals surface area (Å²) in [6, 6.07) is 14.1. The predicted molar refractivity (Wildman–Crippen MR) is 139 cm³/mol. The molecule has 2 aromatic rings. The third-order valence-corrected chi connectivity index (χ3v) is 6.51. The van der Waals surface area contributed by atoms with Gasteiger partial charge in [-0.1, -0.05) is 30.3 Å². The summed E-state index contributed by atoms with van der Waals surface area (Å²) in [7, 11) is 1.61.